The summed E-state index contributed by atoms with van der Waals surface area (Å²) in [6.07, 6.45) is 1.49. The van der Waals surface area contributed by atoms with Crippen LogP contribution >= 0.6 is 0 Å². The maximum atomic E-state index is 12.7. The van der Waals surface area contributed by atoms with Crippen molar-refractivity contribution in [2.75, 3.05) is 34.2 Å². The minimum atomic E-state index is -3.45. The molecule has 120 valence electrons. The maximum Gasteiger partial charge on any atom is 0.243 e. The van der Waals surface area contributed by atoms with Crippen molar-refractivity contribution < 1.29 is 8.42 Å². The maximum absolute atomic E-state index is 12.7. The molecule has 1 aromatic carbocycles. The third-order valence-electron chi connectivity index (χ3n) is 3.51. The van der Waals surface area contributed by atoms with Crippen molar-refractivity contribution in [3.63, 3.8) is 0 Å². The van der Waals surface area contributed by atoms with Crippen molar-refractivity contribution in [3.8, 4) is 0 Å². The molecule has 0 fully saturated rings. The molecule has 0 saturated carbocycles. The molecular weight excluding hydrogens is 286 g/mol. The third kappa shape index (κ3) is 4.78. The van der Waals surface area contributed by atoms with Crippen LogP contribution in [0.1, 0.15) is 24.5 Å². The number of aryl methyl sites for hydroxylation is 1. The summed E-state index contributed by atoms with van der Waals surface area (Å²) in [6, 6.07) is 5.46. The molecule has 0 aliphatic rings. The highest BCUT2D eigenvalue weighted by Gasteiger charge is 2.23. The number of hydrogen-bond donors (Lipinski definition) is 1. The molecular formula is C15H27N3O2S. The quantitative estimate of drug-likeness (QED) is 0.785. The van der Waals surface area contributed by atoms with Crippen LogP contribution in [-0.2, 0) is 23.0 Å². The van der Waals surface area contributed by atoms with E-state index in [9.17, 15) is 8.42 Å². The van der Waals surface area contributed by atoms with Crippen molar-refractivity contribution in [1.29, 1.82) is 0 Å². The molecule has 0 bridgehead atoms. The smallest absolute Gasteiger partial charge is 0.243 e. The van der Waals surface area contributed by atoms with E-state index in [4.69, 9.17) is 5.73 Å². The number of sulfonamides is 1. The highest BCUT2D eigenvalue weighted by molar-refractivity contribution is 7.89. The van der Waals surface area contributed by atoms with E-state index in [1.165, 1.54) is 4.31 Å². The Morgan fingerprint density at radius 1 is 1.14 bits per heavy atom. The van der Waals surface area contributed by atoms with Gasteiger partial charge < -0.3 is 10.6 Å². The van der Waals surface area contributed by atoms with Gasteiger partial charge in [-0.3, -0.25) is 0 Å². The van der Waals surface area contributed by atoms with Gasteiger partial charge in [-0.2, -0.15) is 0 Å². The Kier molecular flexibility index (Phi) is 6.80. The first-order valence-electron chi connectivity index (χ1n) is 7.25. The highest BCUT2D eigenvalue weighted by atomic mass is 32.2. The van der Waals surface area contributed by atoms with E-state index in [1.807, 2.05) is 38.1 Å². The second kappa shape index (κ2) is 7.89. The molecule has 0 heterocycles. The molecule has 0 atom stereocenters. The fourth-order valence-electron chi connectivity index (χ4n) is 2.16. The lowest BCUT2D eigenvalue weighted by Crippen LogP contribution is -2.30. The van der Waals surface area contributed by atoms with Gasteiger partial charge >= 0.3 is 0 Å². The molecule has 0 aliphatic heterocycles. The van der Waals surface area contributed by atoms with Gasteiger partial charge in [0.1, 0.15) is 0 Å². The fraction of sp³-hybridized carbons (Fsp3) is 0.600. The van der Waals surface area contributed by atoms with Gasteiger partial charge in [-0.15, -0.1) is 0 Å². The van der Waals surface area contributed by atoms with Gasteiger partial charge in [-0.25, -0.2) is 12.7 Å². The highest BCUT2D eigenvalue weighted by Crippen LogP contribution is 2.22. The van der Waals surface area contributed by atoms with Crippen LogP contribution in [0.4, 0.5) is 0 Å². The average Bonchev–Trinajstić information content (AvgIpc) is 2.45. The molecule has 21 heavy (non-hydrogen) atoms. The van der Waals surface area contributed by atoms with E-state index in [1.54, 1.807) is 13.1 Å². The zero-order valence-electron chi connectivity index (χ0n) is 13.5. The third-order valence-corrected chi connectivity index (χ3v) is 5.45. The van der Waals surface area contributed by atoms with E-state index < -0.39 is 10.0 Å². The largest absolute Gasteiger partial charge is 0.326 e. The van der Waals surface area contributed by atoms with Crippen LogP contribution in [0.2, 0.25) is 0 Å². The zero-order valence-corrected chi connectivity index (χ0v) is 14.3. The van der Waals surface area contributed by atoms with E-state index in [2.05, 4.69) is 0 Å². The number of hydrogen-bond acceptors (Lipinski definition) is 4. The molecule has 1 aromatic rings. The van der Waals surface area contributed by atoms with Crippen molar-refractivity contribution in [3.05, 3.63) is 29.3 Å². The minimum Gasteiger partial charge on any atom is -0.326 e. The summed E-state index contributed by atoms with van der Waals surface area (Å²) in [5, 5.41) is 0. The van der Waals surface area contributed by atoms with Crippen LogP contribution in [0.25, 0.3) is 0 Å². The topological polar surface area (TPSA) is 66.6 Å². The summed E-state index contributed by atoms with van der Waals surface area (Å²) in [5.74, 6) is 0. The second-order valence-corrected chi connectivity index (χ2v) is 7.50. The van der Waals surface area contributed by atoms with Crippen LogP contribution in [-0.4, -0.2) is 51.9 Å². The lowest BCUT2D eigenvalue weighted by Gasteiger charge is -2.20. The standard InChI is InChI=1S/C15H27N3O2S/c1-5-14-8-7-13(12-16)11-15(14)21(19,20)18(4)10-6-9-17(2)3/h7-8,11H,5-6,9-10,12,16H2,1-4H3. The van der Waals surface area contributed by atoms with Crippen molar-refractivity contribution in [2.45, 2.75) is 31.2 Å². The second-order valence-electron chi connectivity index (χ2n) is 5.48. The molecule has 0 aliphatic carbocycles. The van der Waals surface area contributed by atoms with Gasteiger partial charge in [0.25, 0.3) is 0 Å². The number of nitrogens with two attached hydrogens (primary N) is 1. The Morgan fingerprint density at radius 3 is 2.33 bits per heavy atom. The van der Waals surface area contributed by atoms with Gasteiger partial charge in [0.15, 0.2) is 0 Å². The Morgan fingerprint density at radius 2 is 1.81 bits per heavy atom. The van der Waals surface area contributed by atoms with Crippen LogP contribution in [0.3, 0.4) is 0 Å². The summed E-state index contributed by atoms with van der Waals surface area (Å²) in [4.78, 5) is 2.44. The number of rotatable bonds is 8. The molecule has 0 saturated heterocycles. The molecule has 0 spiro atoms. The zero-order chi connectivity index (χ0) is 16.0. The average molecular weight is 313 g/mol. The Hall–Kier alpha value is -0.950. The SMILES string of the molecule is CCc1ccc(CN)cc1S(=O)(=O)N(C)CCCN(C)C. The lowest BCUT2D eigenvalue weighted by atomic mass is 10.1. The molecule has 6 heteroatoms. The van der Waals surface area contributed by atoms with Crippen LogP contribution in [0, 0.1) is 0 Å². The Bertz CT molecular complexity index is 556. The van der Waals surface area contributed by atoms with Gasteiger partial charge in [-0.05, 0) is 50.7 Å². The summed E-state index contributed by atoms with van der Waals surface area (Å²) in [5.41, 5.74) is 7.31. The first-order chi connectivity index (χ1) is 9.82. The normalized spacial score (nSPS) is 12.3. The fourth-order valence-corrected chi connectivity index (χ4v) is 3.71. The first-order valence-corrected chi connectivity index (χ1v) is 8.69. The predicted octanol–water partition coefficient (Wildman–Crippen LogP) is 1.28. The minimum absolute atomic E-state index is 0.344. The molecule has 5 nitrogen and oxygen atoms in total. The van der Waals surface area contributed by atoms with Gasteiger partial charge in [0, 0.05) is 20.1 Å². The van der Waals surface area contributed by atoms with Crippen molar-refractivity contribution >= 4 is 10.0 Å². The Balaban J connectivity index is 3.00. The van der Waals surface area contributed by atoms with Gasteiger partial charge in [0.05, 0.1) is 4.90 Å². The molecule has 0 aromatic heterocycles. The monoisotopic (exact) mass is 313 g/mol. The van der Waals surface area contributed by atoms with Crippen molar-refractivity contribution in [2.24, 2.45) is 5.73 Å². The van der Waals surface area contributed by atoms with Crippen LogP contribution in [0.15, 0.2) is 23.1 Å². The Labute approximate surface area is 128 Å². The summed E-state index contributed by atoms with van der Waals surface area (Å²) < 4.78 is 26.9. The van der Waals surface area contributed by atoms with E-state index >= 15 is 0 Å². The van der Waals surface area contributed by atoms with Gasteiger partial charge in [-0.1, -0.05) is 19.1 Å². The molecule has 0 amide bonds. The molecule has 2 N–H and O–H groups in total. The number of nitrogens with zero attached hydrogens (tertiary/aromatic N) is 2. The molecule has 0 radical (unpaired) electrons. The molecule has 0 unspecified atom stereocenters. The molecule has 1 rings (SSSR count). The van der Waals surface area contributed by atoms with E-state index in [-0.39, 0.29) is 0 Å². The van der Waals surface area contributed by atoms with E-state index in [0.717, 1.165) is 24.1 Å². The lowest BCUT2D eigenvalue weighted by molar-refractivity contribution is 0.370. The summed E-state index contributed by atoms with van der Waals surface area (Å²) in [6.45, 7) is 3.68. The number of benzene rings is 1. The van der Waals surface area contributed by atoms with Crippen LogP contribution < -0.4 is 5.73 Å². The first kappa shape index (κ1) is 18.1. The predicted molar refractivity (Wildman–Crippen MR) is 86.7 cm³/mol. The van der Waals surface area contributed by atoms with Crippen molar-refractivity contribution in [1.82, 2.24) is 9.21 Å². The summed E-state index contributed by atoms with van der Waals surface area (Å²) >= 11 is 0. The summed E-state index contributed by atoms with van der Waals surface area (Å²) in [7, 11) is 2.15. The van der Waals surface area contributed by atoms with E-state index in [0.29, 0.717) is 24.4 Å². The van der Waals surface area contributed by atoms with Crippen LogP contribution in [0.5, 0.6) is 0 Å². The van der Waals surface area contributed by atoms with Gasteiger partial charge in [0.2, 0.25) is 10.0 Å².